The van der Waals surface area contributed by atoms with Gasteiger partial charge in [-0.05, 0) is 31.0 Å². The lowest BCUT2D eigenvalue weighted by Gasteiger charge is -2.18. The van der Waals surface area contributed by atoms with Crippen LogP contribution in [0.25, 0.3) is 0 Å². The summed E-state index contributed by atoms with van der Waals surface area (Å²) in [4.78, 5) is 25.3. The number of anilines is 1. The van der Waals surface area contributed by atoms with Crippen molar-refractivity contribution in [1.82, 2.24) is 5.32 Å². The molecule has 2 rings (SSSR count). The molecular weight excluding hydrogens is 275 g/mol. The molecule has 0 aromatic heterocycles. The van der Waals surface area contributed by atoms with Gasteiger partial charge in [-0.1, -0.05) is 6.92 Å². The fraction of sp³-hybridized carbons (Fsp3) is 0.467. The molecule has 1 aliphatic rings. The minimum atomic E-state index is -0.643. The van der Waals surface area contributed by atoms with Gasteiger partial charge in [0.05, 0.1) is 18.2 Å². The lowest BCUT2D eigenvalue weighted by molar-refractivity contribution is -0.117. The molecule has 1 saturated heterocycles. The maximum Gasteiger partial charge on any atom is 0.254 e. The van der Waals surface area contributed by atoms with Crippen LogP contribution in [0, 0.1) is 5.82 Å². The van der Waals surface area contributed by atoms with Crippen LogP contribution < -0.4 is 10.2 Å². The Labute approximate surface area is 122 Å². The zero-order valence-corrected chi connectivity index (χ0v) is 11.9. The number of amides is 2. The molecule has 5 nitrogen and oxygen atoms in total. The van der Waals surface area contributed by atoms with E-state index in [0.29, 0.717) is 25.1 Å². The highest BCUT2D eigenvalue weighted by Gasteiger charge is 2.24. The van der Waals surface area contributed by atoms with Crippen LogP contribution in [0.5, 0.6) is 0 Å². The van der Waals surface area contributed by atoms with Crippen LogP contribution in [0.1, 0.15) is 36.5 Å². The van der Waals surface area contributed by atoms with Gasteiger partial charge in [-0.3, -0.25) is 9.59 Å². The predicted molar refractivity (Wildman–Crippen MR) is 76.6 cm³/mol. The van der Waals surface area contributed by atoms with Crippen LogP contribution in [-0.4, -0.2) is 36.1 Å². The van der Waals surface area contributed by atoms with Gasteiger partial charge in [-0.25, -0.2) is 4.39 Å². The zero-order valence-electron chi connectivity index (χ0n) is 11.9. The standard InChI is InChI=1S/C15H19FN2O3/c1-2-10(9-19)17-15(21)12-8-11(5-6-13(12)16)18-7-3-4-14(18)20/h5-6,8,10,19H,2-4,7,9H2,1H3,(H,17,21). The maximum absolute atomic E-state index is 13.8. The highest BCUT2D eigenvalue weighted by atomic mass is 19.1. The molecule has 114 valence electrons. The van der Waals surface area contributed by atoms with E-state index >= 15 is 0 Å². The second kappa shape index (κ2) is 6.67. The molecule has 0 radical (unpaired) electrons. The van der Waals surface area contributed by atoms with Gasteiger partial charge in [-0.15, -0.1) is 0 Å². The van der Waals surface area contributed by atoms with E-state index in [1.807, 2.05) is 6.92 Å². The van der Waals surface area contributed by atoms with E-state index in [-0.39, 0.29) is 18.1 Å². The monoisotopic (exact) mass is 294 g/mol. The summed E-state index contributed by atoms with van der Waals surface area (Å²) >= 11 is 0. The fourth-order valence-corrected chi connectivity index (χ4v) is 2.32. The summed E-state index contributed by atoms with van der Waals surface area (Å²) in [6.45, 7) is 2.20. The molecule has 1 atom stereocenters. The SMILES string of the molecule is CCC(CO)NC(=O)c1cc(N2CCCC2=O)ccc1F. The normalized spacial score (nSPS) is 16.1. The average molecular weight is 294 g/mol. The van der Waals surface area contributed by atoms with Crippen molar-refractivity contribution < 1.29 is 19.1 Å². The van der Waals surface area contributed by atoms with Gasteiger partial charge in [0.2, 0.25) is 5.91 Å². The summed E-state index contributed by atoms with van der Waals surface area (Å²) in [5.74, 6) is -1.24. The topological polar surface area (TPSA) is 69.6 Å². The van der Waals surface area contributed by atoms with E-state index in [1.165, 1.54) is 18.2 Å². The number of aliphatic hydroxyl groups excluding tert-OH is 1. The highest BCUT2D eigenvalue weighted by Crippen LogP contribution is 2.23. The van der Waals surface area contributed by atoms with E-state index in [9.17, 15) is 14.0 Å². The Bertz CT molecular complexity index is 544. The number of halogens is 1. The van der Waals surface area contributed by atoms with Crippen molar-refractivity contribution in [2.75, 3.05) is 18.1 Å². The Kier molecular flexibility index (Phi) is 4.90. The summed E-state index contributed by atoms with van der Waals surface area (Å²) in [5.41, 5.74) is 0.417. The second-order valence-electron chi connectivity index (χ2n) is 5.07. The van der Waals surface area contributed by atoms with Crippen LogP contribution >= 0.6 is 0 Å². The molecule has 0 saturated carbocycles. The summed E-state index contributed by atoms with van der Waals surface area (Å²) in [6, 6.07) is 3.67. The van der Waals surface area contributed by atoms with Gasteiger partial charge in [0.25, 0.3) is 5.91 Å². The summed E-state index contributed by atoms with van der Waals surface area (Å²) in [5, 5.41) is 11.7. The van der Waals surface area contributed by atoms with E-state index in [0.717, 1.165) is 6.42 Å². The molecule has 2 N–H and O–H groups in total. The van der Waals surface area contributed by atoms with Crippen molar-refractivity contribution in [1.29, 1.82) is 0 Å². The van der Waals surface area contributed by atoms with Gasteiger partial charge in [0.15, 0.2) is 0 Å². The number of nitrogens with one attached hydrogen (secondary N) is 1. The third-order valence-corrected chi connectivity index (χ3v) is 3.63. The molecular formula is C15H19FN2O3. The lowest BCUT2D eigenvalue weighted by atomic mass is 10.1. The third kappa shape index (κ3) is 3.39. The quantitative estimate of drug-likeness (QED) is 0.863. The molecule has 6 heteroatoms. The van der Waals surface area contributed by atoms with Crippen LogP contribution in [-0.2, 0) is 4.79 Å². The molecule has 1 aromatic carbocycles. The Balaban J connectivity index is 2.22. The van der Waals surface area contributed by atoms with Crippen molar-refractivity contribution in [2.45, 2.75) is 32.2 Å². The van der Waals surface area contributed by atoms with Crippen molar-refractivity contribution in [2.24, 2.45) is 0 Å². The molecule has 1 aliphatic heterocycles. The first-order valence-electron chi connectivity index (χ1n) is 7.08. The van der Waals surface area contributed by atoms with E-state index in [2.05, 4.69) is 5.32 Å². The Morgan fingerprint density at radius 2 is 2.29 bits per heavy atom. The number of benzene rings is 1. The van der Waals surface area contributed by atoms with E-state index in [4.69, 9.17) is 5.11 Å². The molecule has 21 heavy (non-hydrogen) atoms. The van der Waals surface area contributed by atoms with Crippen molar-refractivity contribution >= 4 is 17.5 Å². The Morgan fingerprint density at radius 3 is 2.86 bits per heavy atom. The number of carbonyl (C=O) groups is 2. The van der Waals surface area contributed by atoms with Crippen molar-refractivity contribution in [3.8, 4) is 0 Å². The molecule has 1 heterocycles. The number of hydrogen-bond acceptors (Lipinski definition) is 3. The van der Waals surface area contributed by atoms with E-state index < -0.39 is 17.8 Å². The molecule has 1 aromatic rings. The summed E-state index contributed by atoms with van der Waals surface area (Å²) in [7, 11) is 0. The fourth-order valence-electron chi connectivity index (χ4n) is 2.32. The van der Waals surface area contributed by atoms with Gasteiger partial charge in [0, 0.05) is 18.7 Å². The molecule has 2 amide bonds. The van der Waals surface area contributed by atoms with Crippen LogP contribution in [0.4, 0.5) is 10.1 Å². The average Bonchev–Trinajstić information content (AvgIpc) is 2.91. The van der Waals surface area contributed by atoms with Crippen molar-refractivity contribution in [3.63, 3.8) is 0 Å². The maximum atomic E-state index is 13.8. The minimum absolute atomic E-state index is 0.0187. The first-order chi connectivity index (χ1) is 10.1. The highest BCUT2D eigenvalue weighted by molar-refractivity contribution is 5.99. The minimum Gasteiger partial charge on any atom is -0.394 e. The number of nitrogens with zero attached hydrogens (tertiary/aromatic N) is 1. The molecule has 0 aliphatic carbocycles. The van der Waals surface area contributed by atoms with Gasteiger partial charge in [0.1, 0.15) is 5.82 Å². The van der Waals surface area contributed by atoms with Gasteiger partial charge in [-0.2, -0.15) is 0 Å². The largest absolute Gasteiger partial charge is 0.394 e. The number of carbonyl (C=O) groups excluding carboxylic acids is 2. The smallest absolute Gasteiger partial charge is 0.254 e. The number of hydrogen-bond donors (Lipinski definition) is 2. The third-order valence-electron chi connectivity index (χ3n) is 3.63. The first kappa shape index (κ1) is 15.4. The molecule has 1 fully saturated rings. The van der Waals surface area contributed by atoms with Crippen molar-refractivity contribution in [3.05, 3.63) is 29.6 Å². The van der Waals surface area contributed by atoms with Crippen LogP contribution in [0.2, 0.25) is 0 Å². The number of rotatable bonds is 5. The van der Waals surface area contributed by atoms with Gasteiger partial charge >= 0.3 is 0 Å². The first-order valence-corrected chi connectivity index (χ1v) is 7.08. The van der Waals surface area contributed by atoms with Crippen LogP contribution in [0.15, 0.2) is 18.2 Å². The molecule has 0 spiro atoms. The predicted octanol–water partition coefficient (Wildman–Crippen LogP) is 1.45. The van der Waals surface area contributed by atoms with Crippen LogP contribution in [0.3, 0.4) is 0 Å². The molecule has 1 unspecified atom stereocenters. The molecule has 0 bridgehead atoms. The van der Waals surface area contributed by atoms with Gasteiger partial charge < -0.3 is 15.3 Å². The lowest BCUT2D eigenvalue weighted by Crippen LogP contribution is -2.37. The Hall–Kier alpha value is -1.95. The summed E-state index contributed by atoms with van der Waals surface area (Å²) < 4.78 is 13.8. The number of aliphatic hydroxyl groups is 1. The Morgan fingerprint density at radius 1 is 1.52 bits per heavy atom. The summed E-state index contributed by atoms with van der Waals surface area (Å²) in [6.07, 6.45) is 1.79. The zero-order chi connectivity index (χ0) is 15.4. The second-order valence-corrected chi connectivity index (χ2v) is 5.07. The van der Waals surface area contributed by atoms with E-state index in [1.54, 1.807) is 4.90 Å².